The third kappa shape index (κ3) is 5.57. The molecular formula is C23H27Cl2N3O6S2. The molecule has 9 nitrogen and oxygen atoms in total. The normalized spacial score (nSPS) is 18.2. The largest absolute Gasteiger partial charge is 0.379 e. The van der Waals surface area contributed by atoms with Crippen molar-refractivity contribution in [2.24, 2.45) is 0 Å². The summed E-state index contributed by atoms with van der Waals surface area (Å²) in [6.07, 6.45) is 2.60. The number of nitrogens with zero attached hydrogens (tertiary/aromatic N) is 2. The summed E-state index contributed by atoms with van der Waals surface area (Å²) in [4.78, 5) is 13.0. The van der Waals surface area contributed by atoms with Crippen molar-refractivity contribution < 1.29 is 26.4 Å². The zero-order valence-corrected chi connectivity index (χ0v) is 22.8. The Morgan fingerprint density at radius 2 is 1.44 bits per heavy atom. The van der Waals surface area contributed by atoms with Crippen LogP contribution in [0, 0.1) is 6.92 Å². The van der Waals surface area contributed by atoms with Crippen LogP contribution in [0.4, 0.5) is 5.69 Å². The lowest BCUT2D eigenvalue weighted by Gasteiger charge is -2.27. The lowest BCUT2D eigenvalue weighted by Crippen LogP contribution is -2.40. The van der Waals surface area contributed by atoms with E-state index in [0.29, 0.717) is 18.7 Å². The Labute approximate surface area is 221 Å². The smallest absolute Gasteiger partial charge is 0.257 e. The van der Waals surface area contributed by atoms with Crippen LogP contribution >= 0.6 is 23.2 Å². The van der Waals surface area contributed by atoms with Crippen LogP contribution in [0.25, 0.3) is 0 Å². The summed E-state index contributed by atoms with van der Waals surface area (Å²) in [6, 6.07) is 6.96. The van der Waals surface area contributed by atoms with Gasteiger partial charge in [0.2, 0.25) is 20.0 Å². The van der Waals surface area contributed by atoms with Crippen molar-refractivity contribution in [3.05, 3.63) is 51.5 Å². The lowest BCUT2D eigenvalue weighted by molar-refractivity contribution is 0.0730. The van der Waals surface area contributed by atoms with Gasteiger partial charge in [0, 0.05) is 31.9 Å². The predicted molar refractivity (Wildman–Crippen MR) is 138 cm³/mol. The molecule has 2 fully saturated rings. The first-order valence-electron chi connectivity index (χ1n) is 11.5. The molecule has 2 aromatic rings. The van der Waals surface area contributed by atoms with Crippen molar-refractivity contribution in [1.82, 2.24) is 8.61 Å². The molecule has 2 aliphatic heterocycles. The number of halogens is 2. The Balaban J connectivity index is 1.63. The molecule has 0 unspecified atom stereocenters. The maximum atomic E-state index is 13.2. The third-order valence-corrected chi connectivity index (χ3v) is 10.9. The standard InChI is InChI=1S/C23H27Cl2N3O6S2/c1-16-5-6-17(13-21(16)35(30,31)27-7-3-2-4-8-27)26-23(29)18-14-22(20(25)15-19(18)24)36(32,33)28-9-11-34-12-10-28/h5-6,13-15H,2-4,7-12H2,1H3,(H,26,29). The highest BCUT2D eigenvalue weighted by molar-refractivity contribution is 7.89. The third-order valence-electron chi connectivity index (χ3n) is 6.23. The zero-order chi connectivity index (χ0) is 26.1. The van der Waals surface area contributed by atoms with E-state index >= 15 is 0 Å². The lowest BCUT2D eigenvalue weighted by atomic mass is 10.2. The number of morpholine rings is 1. The molecule has 0 aliphatic carbocycles. The van der Waals surface area contributed by atoms with Gasteiger partial charge < -0.3 is 10.1 Å². The second-order valence-corrected chi connectivity index (χ2v) is 13.3. The van der Waals surface area contributed by atoms with Crippen LogP contribution < -0.4 is 5.32 Å². The summed E-state index contributed by atoms with van der Waals surface area (Å²) < 4.78 is 60.6. The van der Waals surface area contributed by atoms with Gasteiger partial charge in [0.05, 0.1) is 33.7 Å². The van der Waals surface area contributed by atoms with Crippen LogP contribution in [-0.4, -0.2) is 70.7 Å². The summed E-state index contributed by atoms with van der Waals surface area (Å²) >= 11 is 12.5. The molecule has 0 bridgehead atoms. The van der Waals surface area contributed by atoms with Crippen LogP contribution in [0.3, 0.4) is 0 Å². The number of anilines is 1. The number of carbonyl (C=O) groups is 1. The molecule has 1 amide bonds. The average Bonchev–Trinajstić information content (AvgIpc) is 2.86. The van der Waals surface area contributed by atoms with Gasteiger partial charge in [-0.25, -0.2) is 16.8 Å². The first kappa shape index (κ1) is 27.3. The number of amides is 1. The van der Waals surface area contributed by atoms with E-state index in [1.165, 1.54) is 20.7 Å². The number of hydrogen-bond donors (Lipinski definition) is 1. The van der Waals surface area contributed by atoms with E-state index in [2.05, 4.69) is 5.32 Å². The summed E-state index contributed by atoms with van der Waals surface area (Å²) in [5.74, 6) is -0.694. The Bertz CT molecular complexity index is 1370. The number of hydrogen-bond acceptors (Lipinski definition) is 6. The van der Waals surface area contributed by atoms with E-state index < -0.39 is 26.0 Å². The van der Waals surface area contributed by atoms with Gasteiger partial charge in [-0.2, -0.15) is 8.61 Å². The van der Waals surface area contributed by atoms with Crippen molar-refractivity contribution in [2.75, 3.05) is 44.7 Å². The second-order valence-electron chi connectivity index (χ2n) is 8.68. The van der Waals surface area contributed by atoms with Gasteiger partial charge in [-0.15, -0.1) is 0 Å². The number of sulfonamides is 2. The number of nitrogens with one attached hydrogen (secondary N) is 1. The number of rotatable bonds is 6. The van der Waals surface area contributed by atoms with Gasteiger partial charge in [0.15, 0.2) is 0 Å². The molecule has 0 atom stereocenters. The summed E-state index contributed by atoms with van der Waals surface area (Å²) in [5.41, 5.74) is 0.695. The minimum Gasteiger partial charge on any atom is -0.379 e. The number of carbonyl (C=O) groups excluding carboxylic acids is 1. The monoisotopic (exact) mass is 575 g/mol. The molecule has 0 aromatic heterocycles. The second kappa shape index (κ2) is 10.9. The highest BCUT2D eigenvalue weighted by Gasteiger charge is 2.31. The minimum atomic E-state index is -3.98. The maximum absolute atomic E-state index is 13.2. The van der Waals surface area contributed by atoms with Crippen LogP contribution in [0.15, 0.2) is 40.1 Å². The Morgan fingerprint density at radius 1 is 0.833 bits per heavy atom. The predicted octanol–water partition coefficient (Wildman–Crippen LogP) is 3.75. The average molecular weight is 577 g/mol. The van der Waals surface area contributed by atoms with Crippen LogP contribution in [0.5, 0.6) is 0 Å². The molecule has 2 aromatic carbocycles. The van der Waals surface area contributed by atoms with E-state index in [9.17, 15) is 21.6 Å². The van der Waals surface area contributed by atoms with Crippen molar-refractivity contribution in [2.45, 2.75) is 36.0 Å². The highest BCUT2D eigenvalue weighted by Crippen LogP contribution is 2.32. The molecule has 196 valence electrons. The van der Waals surface area contributed by atoms with Crippen LogP contribution in [-0.2, 0) is 24.8 Å². The van der Waals surface area contributed by atoms with E-state index in [1.807, 2.05) is 0 Å². The van der Waals surface area contributed by atoms with Crippen LogP contribution in [0.2, 0.25) is 10.0 Å². The molecule has 0 radical (unpaired) electrons. The van der Waals surface area contributed by atoms with Gasteiger partial charge in [0.25, 0.3) is 5.91 Å². The molecule has 4 rings (SSSR count). The number of piperidine rings is 1. The topological polar surface area (TPSA) is 113 Å². The van der Waals surface area contributed by atoms with E-state index in [4.69, 9.17) is 27.9 Å². The molecule has 0 saturated carbocycles. The molecule has 13 heteroatoms. The molecule has 0 spiro atoms. The highest BCUT2D eigenvalue weighted by atomic mass is 35.5. The van der Waals surface area contributed by atoms with Gasteiger partial charge in [-0.3, -0.25) is 4.79 Å². The van der Waals surface area contributed by atoms with Crippen LogP contribution in [0.1, 0.15) is 35.2 Å². The fraction of sp³-hybridized carbons (Fsp3) is 0.435. The van der Waals surface area contributed by atoms with E-state index in [0.717, 1.165) is 25.3 Å². The zero-order valence-electron chi connectivity index (χ0n) is 19.7. The molecule has 2 saturated heterocycles. The van der Waals surface area contributed by atoms with Crippen molar-refractivity contribution in [3.8, 4) is 0 Å². The minimum absolute atomic E-state index is 0.0355. The fourth-order valence-electron chi connectivity index (χ4n) is 4.23. The number of aryl methyl sites for hydroxylation is 1. The van der Waals surface area contributed by atoms with Crippen molar-refractivity contribution in [1.29, 1.82) is 0 Å². The first-order valence-corrected chi connectivity index (χ1v) is 15.1. The maximum Gasteiger partial charge on any atom is 0.257 e. The molecule has 36 heavy (non-hydrogen) atoms. The quantitative estimate of drug-likeness (QED) is 0.561. The van der Waals surface area contributed by atoms with E-state index in [1.54, 1.807) is 19.1 Å². The van der Waals surface area contributed by atoms with Gasteiger partial charge in [-0.1, -0.05) is 35.7 Å². The number of benzene rings is 2. The summed E-state index contributed by atoms with van der Waals surface area (Å²) in [6.45, 7) is 3.46. The fourth-order valence-corrected chi connectivity index (χ4v) is 8.23. The van der Waals surface area contributed by atoms with Crippen molar-refractivity contribution in [3.63, 3.8) is 0 Å². The van der Waals surface area contributed by atoms with Gasteiger partial charge in [-0.05, 0) is 49.6 Å². The Morgan fingerprint density at radius 3 is 2.11 bits per heavy atom. The molecule has 2 heterocycles. The Hall–Kier alpha value is -1.73. The van der Waals surface area contributed by atoms with Crippen molar-refractivity contribution >= 4 is 54.8 Å². The summed E-state index contributed by atoms with van der Waals surface area (Å²) in [5, 5.41) is 2.50. The SMILES string of the molecule is Cc1ccc(NC(=O)c2cc(S(=O)(=O)N3CCOCC3)c(Cl)cc2Cl)cc1S(=O)(=O)N1CCCCC1. The van der Waals surface area contributed by atoms with Gasteiger partial charge in [0.1, 0.15) is 4.90 Å². The molecule has 2 aliphatic rings. The Kier molecular flexibility index (Phi) is 8.30. The van der Waals surface area contributed by atoms with Gasteiger partial charge >= 0.3 is 0 Å². The molecular weight excluding hydrogens is 549 g/mol. The number of ether oxygens (including phenoxy) is 1. The first-order chi connectivity index (χ1) is 17.0. The molecule has 1 N–H and O–H groups in total. The van der Waals surface area contributed by atoms with E-state index in [-0.39, 0.29) is 57.4 Å². The summed E-state index contributed by atoms with van der Waals surface area (Å²) in [7, 11) is -7.71.